The van der Waals surface area contributed by atoms with Crippen LogP contribution < -0.4 is 0 Å². The number of rotatable bonds is 13. The molecule has 0 atom stereocenters. The highest BCUT2D eigenvalue weighted by atomic mass is 32.2. The van der Waals surface area contributed by atoms with Crippen LogP contribution in [0, 0.1) is 0 Å². The van der Waals surface area contributed by atoms with Gasteiger partial charge in [0, 0.05) is 4.58 Å². The monoisotopic (exact) mass is 320 g/mol. The van der Waals surface area contributed by atoms with Gasteiger partial charge in [-0.1, -0.05) is 65.6 Å². The molecule has 0 unspecified atom stereocenters. The minimum atomic E-state index is -0.943. The molecule has 0 radical (unpaired) electrons. The molecule has 116 valence electrons. The molecule has 0 aromatic carbocycles. The highest BCUT2D eigenvalue weighted by molar-refractivity contribution is 8.17. The van der Waals surface area contributed by atoms with Crippen LogP contribution in [0.4, 0.5) is 0 Å². The Labute approximate surface area is 132 Å². The van der Waals surface area contributed by atoms with Gasteiger partial charge in [-0.15, -0.1) is 23.5 Å². The molecule has 0 saturated heterocycles. The van der Waals surface area contributed by atoms with Crippen molar-refractivity contribution < 1.29 is 0 Å². The zero-order chi connectivity index (χ0) is 14.6. The van der Waals surface area contributed by atoms with Gasteiger partial charge in [-0.2, -0.15) is 0 Å². The van der Waals surface area contributed by atoms with Crippen LogP contribution in [0.1, 0.15) is 60.3 Å². The second kappa shape index (κ2) is 12.6. The van der Waals surface area contributed by atoms with E-state index in [2.05, 4.69) is 58.1 Å². The number of hydrogen-bond acceptors (Lipinski definition) is 2. The summed E-state index contributed by atoms with van der Waals surface area (Å²) in [4.78, 5) is 0. The third-order valence-electron chi connectivity index (χ3n) is 4.45. The second-order valence-electron chi connectivity index (χ2n) is 5.64. The smallest absolute Gasteiger partial charge is 0.0546 e. The van der Waals surface area contributed by atoms with Gasteiger partial charge in [-0.05, 0) is 30.4 Å². The molecule has 0 amide bonds. The normalized spacial score (nSPS) is 12.3. The van der Waals surface area contributed by atoms with Crippen LogP contribution in [0.2, 0.25) is 24.2 Å². The van der Waals surface area contributed by atoms with Gasteiger partial charge in [0.05, 0.1) is 8.07 Å². The fourth-order valence-electron chi connectivity index (χ4n) is 2.42. The van der Waals surface area contributed by atoms with E-state index in [1.165, 1.54) is 55.3 Å². The van der Waals surface area contributed by atoms with E-state index in [-0.39, 0.29) is 0 Å². The van der Waals surface area contributed by atoms with Gasteiger partial charge in [0.15, 0.2) is 0 Å². The van der Waals surface area contributed by atoms with Crippen molar-refractivity contribution in [1.29, 1.82) is 0 Å². The molecule has 0 N–H and O–H groups in total. The summed E-state index contributed by atoms with van der Waals surface area (Å²) in [6, 6.07) is 6.01. The standard InChI is InChI=1S/C16H36S2Si/c1-6-11-13-17-16(18-14-12-7-2)15-19(8-3,9-4)10-5/h16H,6-15H2,1-5H3. The Morgan fingerprint density at radius 2 is 1.16 bits per heavy atom. The lowest BCUT2D eigenvalue weighted by molar-refractivity contribution is 0.892. The summed E-state index contributed by atoms with van der Waals surface area (Å²) in [7, 11) is -0.943. The lowest BCUT2D eigenvalue weighted by Crippen LogP contribution is -2.34. The molecule has 0 aliphatic heterocycles. The molecular weight excluding hydrogens is 284 g/mol. The van der Waals surface area contributed by atoms with Gasteiger partial charge in [-0.25, -0.2) is 0 Å². The van der Waals surface area contributed by atoms with E-state index < -0.39 is 8.07 Å². The summed E-state index contributed by atoms with van der Waals surface area (Å²) >= 11 is 4.53. The fraction of sp³-hybridized carbons (Fsp3) is 1.00. The molecule has 0 aromatic rings. The molecule has 0 bridgehead atoms. The van der Waals surface area contributed by atoms with Crippen LogP contribution in [0.25, 0.3) is 0 Å². The predicted molar refractivity (Wildman–Crippen MR) is 101 cm³/mol. The quantitative estimate of drug-likeness (QED) is 0.206. The number of unbranched alkanes of at least 4 members (excludes halogenated alkanes) is 2. The molecule has 0 spiro atoms. The Morgan fingerprint density at radius 3 is 1.47 bits per heavy atom. The molecule has 0 rings (SSSR count). The van der Waals surface area contributed by atoms with Crippen molar-refractivity contribution in [3.63, 3.8) is 0 Å². The summed E-state index contributed by atoms with van der Waals surface area (Å²) in [6.45, 7) is 12.0. The van der Waals surface area contributed by atoms with E-state index in [9.17, 15) is 0 Å². The van der Waals surface area contributed by atoms with E-state index in [1.807, 2.05) is 0 Å². The first-order chi connectivity index (χ1) is 9.17. The van der Waals surface area contributed by atoms with E-state index in [0.29, 0.717) is 0 Å². The zero-order valence-electron chi connectivity index (χ0n) is 14.0. The fourth-order valence-corrected chi connectivity index (χ4v) is 11.0. The molecule has 0 aliphatic carbocycles. The molecule has 0 heterocycles. The predicted octanol–water partition coefficient (Wildman–Crippen LogP) is 6.89. The van der Waals surface area contributed by atoms with E-state index in [4.69, 9.17) is 0 Å². The zero-order valence-corrected chi connectivity index (χ0v) is 16.6. The molecule has 19 heavy (non-hydrogen) atoms. The maximum absolute atomic E-state index is 2.45. The van der Waals surface area contributed by atoms with Crippen LogP contribution in [-0.2, 0) is 0 Å². The van der Waals surface area contributed by atoms with Gasteiger partial charge in [0.25, 0.3) is 0 Å². The molecular formula is C16H36S2Si. The van der Waals surface area contributed by atoms with Crippen molar-refractivity contribution in [3.05, 3.63) is 0 Å². The van der Waals surface area contributed by atoms with Gasteiger partial charge in [0.2, 0.25) is 0 Å². The Hall–Kier alpha value is 0.917. The van der Waals surface area contributed by atoms with Crippen molar-refractivity contribution >= 4 is 31.6 Å². The lowest BCUT2D eigenvalue weighted by atomic mass is 10.4. The first-order valence-electron chi connectivity index (χ1n) is 8.41. The Morgan fingerprint density at radius 1 is 0.737 bits per heavy atom. The topological polar surface area (TPSA) is 0 Å². The second-order valence-corrected chi connectivity index (χ2v) is 14.1. The Balaban J connectivity index is 4.35. The van der Waals surface area contributed by atoms with Gasteiger partial charge in [-0.3, -0.25) is 0 Å². The van der Waals surface area contributed by atoms with Crippen LogP contribution in [0.5, 0.6) is 0 Å². The molecule has 0 fully saturated rings. The maximum Gasteiger partial charge on any atom is 0.0546 e. The van der Waals surface area contributed by atoms with E-state index >= 15 is 0 Å². The molecule has 3 heteroatoms. The average Bonchev–Trinajstić information content (AvgIpc) is 2.45. The average molecular weight is 321 g/mol. The number of hydrogen-bond donors (Lipinski definition) is 0. The summed E-state index contributed by atoms with van der Waals surface area (Å²) in [5.74, 6) is 2.75. The lowest BCUT2D eigenvalue weighted by Gasteiger charge is -2.32. The van der Waals surface area contributed by atoms with Crippen molar-refractivity contribution in [1.82, 2.24) is 0 Å². The van der Waals surface area contributed by atoms with Gasteiger partial charge in [0.1, 0.15) is 0 Å². The molecule has 0 saturated carbocycles. The van der Waals surface area contributed by atoms with Crippen molar-refractivity contribution in [2.24, 2.45) is 0 Å². The van der Waals surface area contributed by atoms with Crippen LogP contribution in [0.3, 0.4) is 0 Å². The highest BCUT2D eigenvalue weighted by Crippen LogP contribution is 2.37. The van der Waals surface area contributed by atoms with E-state index in [0.717, 1.165) is 4.58 Å². The van der Waals surface area contributed by atoms with Crippen LogP contribution in [-0.4, -0.2) is 24.2 Å². The van der Waals surface area contributed by atoms with E-state index in [1.54, 1.807) is 6.04 Å². The minimum absolute atomic E-state index is 0.893. The first kappa shape index (κ1) is 19.9. The summed E-state index contributed by atoms with van der Waals surface area (Å²) in [6.07, 6.45) is 5.48. The summed E-state index contributed by atoms with van der Waals surface area (Å²) in [5.41, 5.74) is 0. The third-order valence-corrected chi connectivity index (χ3v) is 13.8. The van der Waals surface area contributed by atoms with Crippen molar-refractivity contribution in [2.75, 3.05) is 11.5 Å². The minimum Gasteiger partial charge on any atom is -0.148 e. The first-order valence-corrected chi connectivity index (χ1v) is 13.3. The SMILES string of the molecule is CCCCSC(C[Si](CC)(CC)CC)SCCCC. The van der Waals surface area contributed by atoms with Crippen molar-refractivity contribution in [3.8, 4) is 0 Å². The van der Waals surface area contributed by atoms with Gasteiger partial charge < -0.3 is 0 Å². The number of thioether (sulfide) groups is 2. The molecule has 0 nitrogen and oxygen atoms in total. The molecule has 0 aliphatic rings. The van der Waals surface area contributed by atoms with Crippen molar-refractivity contribution in [2.45, 2.75) is 89.1 Å². The van der Waals surface area contributed by atoms with Crippen LogP contribution >= 0.6 is 23.5 Å². The Kier molecular flexibility index (Phi) is 13.3. The van der Waals surface area contributed by atoms with Crippen LogP contribution in [0.15, 0.2) is 0 Å². The molecule has 0 aromatic heterocycles. The third kappa shape index (κ3) is 8.72. The largest absolute Gasteiger partial charge is 0.148 e. The Bertz CT molecular complexity index is 175. The highest BCUT2D eigenvalue weighted by Gasteiger charge is 2.30. The summed E-state index contributed by atoms with van der Waals surface area (Å²) in [5, 5.41) is 0. The van der Waals surface area contributed by atoms with Gasteiger partial charge >= 0.3 is 0 Å². The summed E-state index contributed by atoms with van der Waals surface area (Å²) < 4.78 is 0.893. The maximum atomic E-state index is 2.45.